The van der Waals surface area contributed by atoms with Crippen LogP contribution in [0.4, 0.5) is 4.79 Å². The van der Waals surface area contributed by atoms with Crippen LogP contribution in [0.15, 0.2) is 36.5 Å². The third-order valence-corrected chi connectivity index (χ3v) is 1.92. The van der Waals surface area contributed by atoms with Gasteiger partial charge in [-0.2, -0.15) is 4.68 Å². The zero-order chi connectivity index (χ0) is 10.7. The summed E-state index contributed by atoms with van der Waals surface area (Å²) in [7, 11) is 0. The van der Waals surface area contributed by atoms with Gasteiger partial charge in [0.2, 0.25) is 0 Å². The molecule has 5 nitrogen and oxygen atoms in total. The largest absolute Gasteiger partial charge is 0.348 e. The van der Waals surface area contributed by atoms with Crippen LogP contribution in [0.1, 0.15) is 6.92 Å². The summed E-state index contributed by atoms with van der Waals surface area (Å²) in [5.74, 6) is 0. The van der Waals surface area contributed by atoms with Crippen LogP contribution < -0.4 is 5.32 Å². The first kappa shape index (κ1) is 9.39. The number of carbonyl (C=O) groups excluding carboxylic acids is 1. The predicted octanol–water partition coefficient (Wildman–Crippen LogP) is 1.52. The third-order valence-electron chi connectivity index (χ3n) is 1.92. The number of para-hydroxylation sites is 1. The average molecular weight is 202 g/mol. The van der Waals surface area contributed by atoms with Crippen molar-refractivity contribution in [2.24, 2.45) is 0 Å². The quantitative estimate of drug-likeness (QED) is 0.762. The van der Waals surface area contributed by atoms with E-state index in [1.165, 1.54) is 4.68 Å². The van der Waals surface area contributed by atoms with Crippen LogP contribution in [0, 0.1) is 0 Å². The molecule has 0 fully saturated rings. The Labute approximate surface area is 86.4 Å². The Morgan fingerprint density at radius 1 is 1.47 bits per heavy atom. The Kier molecular flexibility index (Phi) is 2.45. The highest BCUT2D eigenvalue weighted by Crippen LogP contribution is 2.08. The van der Waals surface area contributed by atoms with Crippen molar-refractivity contribution in [2.45, 2.75) is 6.92 Å². The fourth-order valence-electron chi connectivity index (χ4n) is 1.23. The number of aromatic nitrogens is 3. The van der Waals surface area contributed by atoms with Gasteiger partial charge in [-0.1, -0.05) is 23.4 Å². The number of nitrogens with one attached hydrogen (secondary N) is 1. The van der Waals surface area contributed by atoms with Gasteiger partial charge in [0.15, 0.2) is 0 Å². The second-order valence-corrected chi connectivity index (χ2v) is 2.94. The first-order valence-corrected chi connectivity index (χ1v) is 4.55. The van der Waals surface area contributed by atoms with Gasteiger partial charge in [0, 0.05) is 6.20 Å². The molecule has 1 amide bonds. The second kappa shape index (κ2) is 3.91. The van der Waals surface area contributed by atoms with Gasteiger partial charge in [0.05, 0.1) is 5.52 Å². The first-order chi connectivity index (χ1) is 7.33. The number of carbonyl (C=O) groups is 1. The molecule has 0 saturated carbocycles. The minimum atomic E-state index is -0.318. The SMILES string of the molecule is CC=CNC(=O)n1nnc2ccccc21. The van der Waals surface area contributed by atoms with Crippen molar-refractivity contribution in [1.29, 1.82) is 0 Å². The monoisotopic (exact) mass is 202 g/mol. The highest BCUT2D eigenvalue weighted by atomic mass is 16.2. The van der Waals surface area contributed by atoms with E-state index in [9.17, 15) is 4.79 Å². The molecule has 2 aromatic rings. The maximum atomic E-state index is 11.6. The minimum Gasteiger partial charge on any atom is -0.313 e. The van der Waals surface area contributed by atoms with E-state index in [-0.39, 0.29) is 6.03 Å². The van der Waals surface area contributed by atoms with Crippen molar-refractivity contribution in [3.8, 4) is 0 Å². The summed E-state index contributed by atoms with van der Waals surface area (Å²) in [6, 6.07) is 6.98. The summed E-state index contributed by atoms with van der Waals surface area (Å²) in [6.45, 7) is 1.82. The number of amides is 1. The molecule has 0 atom stereocenters. The van der Waals surface area contributed by atoms with Gasteiger partial charge in [-0.15, -0.1) is 5.10 Å². The fraction of sp³-hybridized carbons (Fsp3) is 0.100. The molecule has 1 aromatic carbocycles. The van der Waals surface area contributed by atoms with Crippen molar-refractivity contribution in [3.05, 3.63) is 36.5 Å². The minimum absolute atomic E-state index is 0.318. The molecular formula is C10H10N4O. The molecule has 1 N–H and O–H groups in total. The van der Waals surface area contributed by atoms with Gasteiger partial charge >= 0.3 is 6.03 Å². The number of rotatable bonds is 1. The van der Waals surface area contributed by atoms with Crippen molar-refractivity contribution in [3.63, 3.8) is 0 Å². The molecular weight excluding hydrogens is 192 g/mol. The number of hydrogen-bond acceptors (Lipinski definition) is 3. The molecule has 0 spiro atoms. The van der Waals surface area contributed by atoms with E-state index >= 15 is 0 Å². The maximum absolute atomic E-state index is 11.6. The van der Waals surface area contributed by atoms with Crippen LogP contribution in [-0.2, 0) is 0 Å². The zero-order valence-electron chi connectivity index (χ0n) is 8.21. The number of allylic oxidation sites excluding steroid dienone is 1. The molecule has 0 aliphatic heterocycles. The summed E-state index contributed by atoms with van der Waals surface area (Å²) in [6.07, 6.45) is 3.29. The van der Waals surface area contributed by atoms with Crippen molar-refractivity contribution >= 4 is 17.1 Å². The van der Waals surface area contributed by atoms with E-state index in [1.54, 1.807) is 18.3 Å². The lowest BCUT2D eigenvalue weighted by Gasteiger charge is -1.98. The standard InChI is InChI=1S/C10H10N4O/c1-2-7-11-10(15)14-9-6-4-3-5-8(9)12-13-14/h2-7H,1H3,(H,11,15). The summed E-state index contributed by atoms with van der Waals surface area (Å²) >= 11 is 0. The highest BCUT2D eigenvalue weighted by molar-refractivity contribution is 5.87. The predicted molar refractivity (Wildman–Crippen MR) is 56.3 cm³/mol. The molecule has 1 heterocycles. The lowest BCUT2D eigenvalue weighted by Crippen LogP contribution is -2.24. The Morgan fingerprint density at radius 3 is 3.07 bits per heavy atom. The van der Waals surface area contributed by atoms with Gasteiger partial charge < -0.3 is 5.32 Å². The fourth-order valence-corrected chi connectivity index (χ4v) is 1.23. The first-order valence-electron chi connectivity index (χ1n) is 4.55. The average Bonchev–Trinajstić information content (AvgIpc) is 2.69. The molecule has 2 rings (SSSR count). The molecule has 0 radical (unpaired) electrons. The number of hydrogen-bond donors (Lipinski definition) is 1. The topological polar surface area (TPSA) is 59.8 Å². The van der Waals surface area contributed by atoms with Crippen LogP contribution in [0.5, 0.6) is 0 Å². The second-order valence-electron chi connectivity index (χ2n) is 2.94. The number of benzene rings is 1. The van der Waals surface area contributed by atoms with Crippen molar-refractivity contribution in [1.82, 2.24) is 20.3 Å². The van der Waals surface area contributed by atoms with Crippen LogP contribution in [0.3, 0.4) is 0 Å². The van der Waals surface area contributed by atoms with Crippen molar-refractivity contribution in [2.75, 3.05) is 0 Å². The van der Waals surface area contributed by atoms with Gasteiger partial charge in [-0.25, -0.2) is 4.79 Å². The molecule has 0 bridgehead atoms. The van der Waals surface area contributed by atoms with Crippen LogP contribution in [0.25, 0.3) is 11.0 Å². The molecule has 1 aromatic heterocycles. The lowest BCUT2D eigenvalue weighted by atomic mass is 10.3. The molecule has 0 aliphatic rings. The zero-order valence-corrected chi connectivity index (χ0v) is 8.21. The molecule has 5 heteroatoms. The van der Waals surface area contributed by atoms with Gasteiger partial charge in [-0.3, -0.25) is 0 Å². The molecule has 0 unspecified atom stereocenters. The summed E-state index contributed by atoms with van der Waals surface area (Å²) < 4.78 is 1.23. The number of nitrogens with zero attached hydrogens (tertiary/aromatic N) is 3. The van der Waals surface area contributed by atoms with E-state index in [4.69, 9.17) is 0 Å². The summed E-state index contributed by atoms with van der Waals surface area (Å²) in [4.78, 5) is 11.6. The van der Waals surface area contributed by atoms with E-state index in [2.05, 4.69) is 15.6 Å². The molecule has 15 heavy (non-hydrogen) atoms. The summed E-state index contributed by atoms with van der Waals surface area (Å²) in [5, 5.41) is 10.2. The summed E-state index contributed by atoms with van der Waals surface area (Å²) in [5.41, 5.74) is 1.40. The smallest absolute Gasteiger partial charge is 0.313 e. The van der Waals surface area contributed by atoms with E-state index in [0.29, 0.717) is 11.0 Å². The van der Waals surface area contributed by atoms with Crippen LogP contribution in [0.2, 0.25) is 0 Å². The Bertz CT molecular complexity index is 515. The van der Waals surface area contributed by atoms with E-state index < -0.39 is 0 Å². The molecule has 0 aliphatic carbocycles. The Morgan fingerprint density at radius 2 is 2.27 bits per heavy atom. The molecule has 76 valence electrons. The van der Waals surface area contributed by atoms with Crippen molar-refractivity contribution < 1.29 is 4.79 Å². The van der Waals surface area contributed by atoms with E-state index in [0.717, 1.165) is 0 Å². The highest BCUT2D eigenvalue weighted by Gasteiger charge is 2.08. The molecule has 0 saturated heterocycles. The van der Waals surface area contributed by atoms with E-state index in [1.807, 2.05) is 25.1 Å². The maximum Gasteiger partial charge on any atom is 0.348 e. The third kappa shape index (κ3) is 1.71. The Balaban J connectivity index is 2.39. The van der Waals surface area contributed by atoms with Crippen LogP contribution >= 0.6 is 0 Å². The van der Waals surface area contributed by atoms with Gasteiger partial charge in [0.25, 0.3) is 0 Å². The lowest BCUT2D eigenvalue weighted by molar-refractivity contribution is 0.243. The van der Waals surface area contributed by atoms with Gasteiger partial charge in [0.1, 0.15) is 5.52 Å². The normalized spacial score (nSPS) is 11.0. The Hall–Kier alpha value is -2.17. The van der Waals surface area contributed by atoms with Crippen LogP contribution in [-0.4, -0.2) is 21.0 Å². The number of fused-ring (bicyclic) bond motifs is 1. The van der Waals surface area contributed by atoms with Gasteiger partial charge in [-0.05, 0) is 19.1 Å².